The van der Waals surface area contributed by atoms with E-state index in [1.807, 2.05) is 0 Å². The third-order valence-corrected chi connectivity index (χ3v) is 8.33. The van der Waals surface area contributed by atoms with Crippen LogP contribution in [0.3, 0.4) is 0 Å². The lowest BCUT2D eigenvalue weighted by atomic mass is 9.50. The highest BCUT2D eigenvalue weighted by Gasteiger charge is 2.91. The van der Waals surface area contributed by atoms with Crippen molar-refractivity contribution in [2.75, 3.05) is 13.2 Å². The van der Waals surface area contributed by atoms with E-state index in [2.05, 4.69) is 4.74 Å². The third-order valence-electron chi connectivity index (χ3n) is 7.19. The molecule has 214 valence electrons. The van der Waals surface area contributed by atoms with Gasteiger partial charge in [-0.1, -0.05) is 0 Å². The lowest BCUT2D eigenvalue weighted by molar-refractivity contribution is -0.404. The molecule has 0 amide bonds. The van der Waals surface area contributed by atoms with Gasteiger partial charge in [0, 0.05) is 5.41 Å². The molecule has 0 aliphatic heterocycles. The van der Waals surface area contributed by atoms with Crippen molar-refractivity contribution >= 4 is 22.1 Å². The van der Waals surface area contributed by atoms with Crippen LogP contribution in [0, 0.1) is 23.2 Å². The number of halogens is 10. The van der Waals surface area contributed by atoms with Gasteiger partial charge in [0.25, 0.3) is 0 Å². The molecule has 0 saturated heterocycles. The fourth-order valence-corrected chi connectivity index (χ4v) is 6.65. The molecule has 7 nitrogen and oxygen atoms in total. The molecule has 37 heavy (non-hydrogen) atoms. The Kier molecular flexibility index (Phi) is 7.10. The van der Waals surface area contributed by atoms with Crippen molar-refractivity contribution in [3.63, 3.8) is 0 Å². The summed E-state index contributed by atoms with van der Waals surface area (Å²) in [6.45, 7) is -2.18. The zero-order chi connectivity index (χ0) is 28.5. The Morgan fingerprint density at radius 1 is 0.757 bits per heavy atom. The molecule has 4 saturated carbocycles. The van der Waals surface area contributed by atoms with Gasteiger partial charge in [-0.15, -0.1) is 0 Å². The molecule has 0 heterocycles. The zero-order valence-corrected chi connectivity index (χ0v) is 19.3. The summed E-state index contributed by atoms with van der Waals surface area (Å²) in [5.74, 6) is -27.7. The summed E-state index contributed by atoms with van der Waals surface area (Å²) in [4.78, 5) is 23.6. The van der Waals surface area contributed by atoms with Crippen LogP contribution in [-0.2, 0) is 29.2 Å². The van der Waals surface area contributed by atoms with Gasteiger partial charge in [0.1, 0.15) is 0 Å². The van der Waals surface area contributed by atoms with E-state index < -0.39 is 63.0 Å². The summed E-state index contributed by atoms with van der Waals surface area (Å²) >= 11 is 0. The minimum Gasteiger partial charge on any atom is -0.463 e. The van der Waals surface area contributed by atoms with E-state index in [1.54, 1.807) is 0 Å². The van der Waals surface area contributed by atoms with Crippen molar-refractivity contribution in [2.45, 2.75) is 67.5 Å². The van der Waals surface area contributed by atoms with Crippen LogP contribution < -0.4 is 0 Å². The van der Waals surface area contributed by atoms with Crippen LogP contribution in [-0.4, -0.2) is 67.1 Å². The summed E-state index contributed by atoms with van der Waals surface area (Å²) in [5, 5.41) is -6.88. The van der Waals surface area contributed by atoms with Crippen LogP contribution in [0.25, 0.3) is 0 Å². The number of carbonyl (C=O) groups excluding carboxylic acids is 2. The van der Waals surface area contributed by atoms with E-state index in [0.29, 0.717) is 37.0 Å². The Morgan fingerprint density at radius 3 is 1.57 bits per heavy atom. The number of hydrogen-bond donors (Lipinski definition) is 1. The van der Waals surface area contributed by atoms with Crippen molar-refractivity contribution < 1.29 is 75.9 Å². The molecule has 1 N–H and O–H groups in total. The van der Waals surface area contributed by atoms with E-state index >= 15 is 0 Å². The van der Waals surface area contributed by atoms with Crippen LogP contribution >= 0.6 is 0 Å². The molecule has 4 bridgehead atoms. The largest absolute Gasteiger partial charge is 0.463 e. The predicted molar refractivity (Wildman–Crippen MR) is 98.8 cm³/mol. The smallest absolute Gasteiger partial charge is 0.460 e. The van der Waals surface area contributed by atoms with Crippen LogP contribution in [0.2, 0.25) is 0 Å². The van der Waals surface area contributed by atoms with E-state index in [4.69, 9.17) is 9.29 Å². The van der Waals surface area contributed by atoms with Gasteiger partial charge in [0.2, 0.25) is 0 Å². The third kappa shape index (κ3) is 4.65. The molecule has 0 spiro atoms. The molecule has 0 aromatic carbocycles. The Morgan fingerprint density at radius 2 is 1.19 bits per heavy atom. The fourth-order valence-electron chi connectivity index (χ4n) is 5.93. The molecule has 1 atom stereocenters. The average molecular weight is 582 g/mol. The minimum absolute atomic E-state index is 0.266. The van der Waals surface area contributed by atoms with Crippen molar-refractivity contribution in [1.82, 2.24) is 0 Å². The predicted octanol–water partition coefficient (Wildman–Crippen LogP) is 4.31. The number of hydrogen-bond acceptors (Lipinski definition) is 6. The van der Waals surface area contributed by atoms with Crippen molar-refractivity contribution in [3.8, 4) is 0 Å². The second kappa shape index (κ2) is 8.84. The molecule has 18 heteroatoms. The highest BCUT2D eigenvalue weighted by Crippen LogP contribution is 2.60. The maximum absolute atomic E-state index is 14.6. The molecular formula is C19H20F10O7S. The first kappa shape index (κ1) is 29.7. The Hall–Kier alpha value is -1.85. The molecule has 4 fully saturated rings. The Balaban J connectivity index is 1.73. The molecule has 0 aromatic heterocycles. The maximum Gasteiger partial charge on any atom is 0.460 e. The van der Waals surface area contributed by atoms with Gasteiger partial charge in [0.15, 0.2) is 6.61 Å². The van der Waals surface area contributed by atoms with Gasteiger partial charge in [-0.2, -0.15) is 47.9 Å². The van der Waals surface area contributed by atoms with Crippen molar-refractivity contribution in [1.29, 1.82) is 0 Å². The van der Waals surface area contributed by atoms with Crippen LogP contribution in [0.15, 0.2) is 0 Å². The van der Waals surface area contributed by atoms with Gasteiger partial charge >= 0.3 is 51.0 Å². The monoisotopic (exact) mass is 582 g/mol. The summed E-state index contributed by atoms with van der Waals surface area (Å²) in [6, 6.07) is 0. The highest BCUT2D eigenvalue weighted by atomic mass is 32.2. The highest BCUT2D eigenvalue weighted by molar-refractivity contribution is 7.88. The number of esters is 2. The first-order valence-corrected chi connectivity index (χ1v) is 12.1. The van der Waals surface area contributed by atoms with Gasteiger partial charge in [-0.05, 0) is 56.3 Å². The second-order valence-electron chi connectivity index (χ2n) is 9.95. The normalized spacial score (nSPS) is 30.1. The lowest BCUT2D eigenvalue weighted by Gasteiger charge is -2.56. The van der Waals surface area contributed by atoms with Gasteiger partial charge in [-0.3, -0.25) is 4.55 Å². The average Bonchev–Trinajstić information content (AvgIpc) is 2.72. The second-order valence-corrected chi connectivity index (χ2v) is 11.5. The van der Waals surface area contributed by atoms with E-state index in [1.165, 1.54) is 0 Å². The van der Waals surface area contributed by atoms with Gasteiger partial charge in [-0.25, -0.2) is 14.0 Å². The molecular weight excluding hydrogens is 562 g/mol. The first-order chi connectivity index (χ1) is 16.5. The van der Waals surface area contributed by atoms with Crippen LogP contribution in [0.5, 0.6) is 0 Å². The summed E-state index contributed by atoms with van der Waals surface area (Å²) in [7, 11) is -7.53. The molecule has 1 unspecified atom stereocenters. The molecule has 0 radical (unpaired) electrons. The fraction of sp³-hybridized carbons (Fsp3) is 0.895. The first-order valence-electron chi connectivity index (χ1n) is 10.7. The molecule has 4 aliphatic rings. The van der Waals surface area contributed by atoms with E-state index in [9.17, 15) is 61.9 Å². The minimum atomic E-state index is -7.94. The zero-order valence-electron chi connectivity index (χ0n) is 18.5. The molecule has 4 aliphatic carbocycles. The number of alkyl halides is 10. The molecule has 4 rings (SSSR count). The number of ether oxygens (including phenoxy) is 2. The topological polar surface area (TPSA) is 107 Å². The Labute approximate surface area is 202 Å². The molecule has 0 aromatic rings. The summed E-state index contributed by atoms with van der Waals surface area (Å²) < 4.78 is 172. The summed E-state index contributed by atoms with van der Waals surface area (Å²) in [5.41, 5.74) is -0.453. The van der Waals surface area contributed by atoms with Crippen molar-refractivity contribution in [2.24, 2.45) is 23.2 Å². The van der Waals surface area contributed by atoms with Crippen LogP contribution in [0.1, 0.15) is 38.5 Å². The summed E-state index contributed by atoms with van der Waals surface area (Å²) in [6.07, 6.45) is -2.47. The number of rotatable bonds is 9. The SMILES string of the molecule is O=C(COC(=O)C(F)(C(F)(F)C(F)(F)C(F)(F)C(F)(F)F)S(=O)(=O)O)OCC12CC3CC(CC(C3)C1)C2. The lowest BCUT2D eigenvalue weighted by Crippen LogP contribution is -2.71. The number of carbonyl (C=O) groups is 2. The van der Waals surface area contributed by atoms with Gasteiger partial charge in [0.05, 0.1) is 6.61 Å². The van der Waals surface area contributed by atoms with Crippen LogP contribution in [0.4, 0.5) is 43.9 Å². The maximum atomic E-state index is 14.6. The van der Waals surface area contributed by atoms with Gasteiger partial charge < -0.3 is 9.47 Å². The van der Waals surface area contributed by atoms with E-state index in [-0.39, 0.29) is 6.61 Å². The Bertz CT molecular complexity index is 1010. The van der Waals surface area contributed by atoms with Crippen molar-refractivity contribution in [3.05, 3.63) is 0 Å². The quantitative estimate of drug-likeness (QED) is 0.245. The standard InChI is InChI=1S/C19H20F10O7S/c20-15(37(32,33)34,16(21,22)17(23,24)18(25,26)19(27,28)29)13(31)35-7-12(30)36-8-14-4-9-1-10(5-14)3-11(2-9)6-14/h9-11H,1-8H2,(H,32,33,34). The van der Waals surface area contributed by atoms with E-state index in [0.717, 1.165) is 19.3 Å².